The molecule has 1 spiro atoms. The summed E-state index contributed by atoms with van der Waals surface area (Å²) in [4.78, 5) is 9.33. The van der Waals surface area contributed by atoms with Gasteiger partial charge in [-0.25, -0.2) is 4.98 Å². The van der Waals surface area contributed by atoms with Gasteiger partial charge in [0.15, 0.2) is 5.82 Å². The van der Waals surface area contributed by atoms with Crippen molar-refractivity contribution in [3.8, 4) is 0 Å². The highest BCUT2D eigenvalue weighted by atomic mass is 19.4. The van der Waals surface area contributed by atoms with Crippen molar-refractivity contribution in [1.29, 1.82) is 0 Å². The van der Waals surface area contributed by atoms with Gasteiger partial charge in [0.2, 0.25) is 0 Å². The number of nitrogens with one attached hydrogen (secondary N) is 1. The van der Waals surface area contributed by atoms with Crippen LogP contribution < -0.4 is 10.2 Å². The monoisotopic (exact) mass is 456 g/mol. The van der Waals surface area contributed by atoms with Crippen LogP contribution >= 0.6 is 0 Å². The van der Waals surface area contributed by atoms with E-state index in [1.165, 1.54) is 19.4 Å². The number of halogens is 3. The number of fused-ring (bicyclic) bond motifs is 1. The molecule has 2 fully saturated rings. The van der Waals surface area contributed by atoms with Crippen molar-refractivity contribution in [2.24, 2.45) is 5.41 Å². The second kappa shape index (κ2) is 7.83. The highest BCUT2D eigenvalue weighted by Crippen LogP contribution is 2.41. The van der Waals surface area contributed by atoms with E-state index in [0.29, 0.717) is 16.8 Å². The first-order valence-electron chi connectivity index (χ1n) is 11.1. The van der Waals surface area contributed by atoms with Crippen LogP contribution in [0, 0.1) is 19.3 Å². The van der Waals surface area contributed by atoms with E-state index in [1.54, 1.807) is 6.07 Å². The van der Waals surface area contributed by atoms with Crippen LogP contribution in [-0.2, 0) is 12.7 Å². The van der Waals surface area contributed by atoms with Crippen molar-refractivity contribution in [1.82, 2.24) is 20.1 Å². The van der Waals surface area contributed by atoms with Gasteiger partial charge in [0.25, 0.3) is 0 Å². The second-order valence-corrected chi connectivity index (χ2v) is 9.51. The lowest BCUT2D eigenvalue weighted by atomic mass is 9.79. The first-order chi connectivity index (χ1) is 15.7. The number of aromatic nitrogens is 3. The van der Waals surface area contributed by atoms with E-state index in [2.05, 4.69) is 37.3 Å². The first kappa shape index (κ1) is 21.9. The van der Waals surface area contributed by atoms with E-state index in [0.717, 1.165) is 54.5 Å². The standard InChI is InChI=1S/C24H27F3N6/c1-15-17(5-4-6-20(15)24(25,26)27)10-29-22-18-9-21(28-11-19(18)16(2)30-31-22)33-13-23(14-33)7-8-32(3)12-23/h4-6,9,11H,7-8,10,12-14H2,1-3H3,(H,29,31). The Bertz CT molecular complexity index is 1200. The van der Waals surface area contributed by atoms with E-state index in [9.17, 15) is 13.2 Å². The number of alkyl halides is 3. The molecule has 2 saturated heterocycles. The predicted octanol–water partition coefficient (Wildman–Crippen LogP) is 4.41. The molecule has 33 heavy (non-hydrogen) atoms. The SMILES string of the molecule is Cc1c(CNc2nnc(C)c3cnc(N4CC5(CCN(C)C5)C4)cc23)cccc1C(F)(F)F. The summed E-state index contributed by atoms with van der Waals surface area (Å²) in [6, 6.07) is 6.27. The van der Waals surface area contributed by atoms with E-state index in [4.69, 9.17) is 0 Å². The molecule has 2 aliphatic rings. The van der Waals surface area contributed by atoms with Crippen molar-refractivity contribution < 1.29 is 13.2 Å². The molecule has 0 unspecified atom stereocenters. The Labute approximate surface area is 190 Å². The number of hydrogen-bond acceptors (Lipinski definition) is 6. The molecule has 0 radical (unpaired) electrons. The number of rotatable bonds is 4. The Kier molecular flexibility index (Phi) is 5.19. The third kappa shape index (κ3) is 3.99. The molecular formula is C24H27F3N6. The van der Waals surface area contributed by atoms with Crippen LogP contribution in [0.2, 0.25) is 0 Å². The van der Waals surface area contributed by atoms with Gasteiger partial charge in [-0.1, -0.05) is 12.1 Å². The molecule has 1 N–H and O–H groups in total. The van der Waals surface area contributed by atoms with Gasteiger partial charge in [0, 0.05) is 48.6 Å². The number of hydrogen-bond donors (Lipinski definition) is 1. The van der Waals surface area contributed by atoms with Crippen molar-refractivity contribution in [2.45, 2.75) is 33.0 Å². The summed E-state index contributed by atoms with van der Waals surface area (Å²) >= 11 is 0. The quantitative estimate of drug-likeness (QED) is 0.628. The third-order valence-corrected chi connectivity index (χ3v) is 7.04. The maximum absolute atomic E-state index is 13.3. The van der Waals surface area contributed by atoms with Crippen molar-refractivity contribution in [2.75, 3.05) is 43.4 Å². The highest BCUT2D eigenvalue weighted by molar-refractivity contribution is 5.94. The Morgan fingerprint density at radius 2 is 1.88 bits per heavy atom. The maximum Gasteiger partial charge on any atom is 0.416 e. The fourth-order valence-electron chi connectivity index (χ4n) is 5.17. The fourth-order valence-corrected chi connectivity index (χ4v) is 5.17. The minimum absolute atomic E-state index is 0.219. The number of benzene rings is 1. The molecule has 0 atom stereocenters. The number of pyridine rings is 1. The molecule has 3 aromatic rings. The molecule has 2 aromatic heterocycles. The molecule has 0 aliphatic carbocycles. The lowest BCUT2D eigenvalue weighted by Gasteiger charge is -2.48. The van der Waals surface area contributed by atoms with Gasteiger partial charge in [-0.3, -0.25) is 0 Å². The molecule has 0 bridgehead atoms. The number of likely N-dealkylation sites (tertiary alicyclic amines) is 1. The van der Waals surface area contributed by atoms with Crippen molar-refractivity contribution >= 4 is 22.4 Å². The van der Waals surface area contributed by atoms with Crippen LogP contribution in [-0.4, -0.2) is 53.3 Å². The molecule has 6 nitrogen and oxygen atoms in total. The fraction of sp³-hybridized carbons (Fsp3) is 0.458. The van der Waals surface area contributed by atoms with Crippen molar-refractivity contribution in [3.05, 3.63) is 52.8 Å². The lowest BCUT2D eigenvalue weighted by Crippen LogP contribution is -2.57. The van der Waals surface area contributed by atoms with Crippen LogP contribution in [0.4, 0.5) is 24.8 Å². The minimum Gasteiger partial charge on any atom is -0.364 e. The Morgan fingerprint density at radius 3 is 2.58 bits per heavy atom. The molecule has 4 heterocycles. The summed E-state index contributed by atoms with van der Waals surface area (Å²) in [5.41, 5.74) is 1.31. The molecule has 9 heteroatoms. The van der Waals surface area contributed by atoms with Gasteiger partial charge in [-0.2, -0.15) is 18.3 Å². The molecule has 174 valence electrons. The summed E-state index contributed by atoms with van der Waals surface area (Å²) in [7, 11) is 2.16. The Morgan fingerprint density at radius 1 is 1.09 bits per heavy atom. The Hall–Kier alpha value is -2.94. The van der Waals surface area contributed by atoms with Gasteiger partial charge in [-0.05, 0) is 57.1 Å². The van der Waals surface area contributed by atoms with Gasteiger partial charge in [0.1, 0.15) is 5.82 Å². The van der Waals surface area contributed by atoms with Crippen LogP contribution in [0.5, 0.6) is 0 Å². The molecule has 5 rings (SSSR count). The summed E-state index contributed by atoms with van der Waals surface area (Å²) in [5.74, 6) is 1.44. The minimum atomic E-state index is -4.38. The zero-order chi connectivity index (χ0) is 23.4. The second-order valence-electron chi connectivity index (χ2n) is 9.51. The normalized spacial score (nSPS) is 18.2. The topological polar surface area (TPSA) is 57.2 Å². The van der Waals surface area contributed by atoms with Crippen molar-refractivity contribution in [3.63, 3.8) is 0 Å². The molecule has 0 amide bonds. The summed E-state index contributed by atoms with van der Waals surface area (Å²) in [5, 5.41) is 13.5. The van der Waals surface area contributed by atoms with E-state index in [-0.39, 0.29) is 12.1 Å². The zero-order valence-corrected chi connectivity index (χ0v) is 19.0. The molecule has 1 aromatic carbocycles. The number of nitrogens with zero attached hydrogens (tertiary/aromatic N) is 5. The third-order valence-electron chi connectivity index (χ3n) is 7.04. The maximum atomic E-state index is 13.3. The van der Waals surface area contributed by atoms with E-state index in [1.807, 2.05) is 19.2 Å². The smallest absolute Gasteiger partial charge is 0.364 e. The van der Waals surface area contributed by atoms with Gasteiger partial charge in [-0.15, -0.1) is 5.10 Å². The first-order valence-corrected chi connectivity index (χ1v) is 11.1. The van der Waals surface area contributed by atoms with Crippen LogP contribution in [0.1, 0.15) is 28.8 Å². The predicted molar refractivity (Wildman–Crippen MR) is 122 cm³/mol. The number of anilines is 2. The van der Waals surface area contributed by atoms with Gasteiger partial charge >= 0.3 is 6.18 Å². The summed E-state index contributed by atoms with van der Waals surface area (Å²) < 4.78 is 39.8. The average Bonchev–Trinajstić information content (AvgIpc) is 3.14. The van der Waals surface area contributed by atoms with Gasteiger partial charge in [0.05, 0.1) is 11.3 Å². The largest absolute Gasteiger partial charge is 0.416 e. The van der Waals surface area contributed by atoms with Crippen LogP contribution in [0.25, 0.3) is 10.8 Å². The zero-order valence-electron chi connectivity index (χ0n) is 19.0. The highest BCUT2D eigenvalue weighted by Gasteiger charge is 2.47. The average molecular weight is 457 g/mol. The lowest BCUT2D eigenvalue weighted by molar-refractivity contribution is -0.138. The van der Waals surface area contributed by atoms with E-state index < -0.39 is 11.7 Å². The van der Waals surface area contributed by atoms with Crippen LogP contribution in [0.15, 0.2) is 30.5 Å². The Balaban J connectivity index is 1.40. The number of aryl methyl sites for hydroxylation is 1. The van der Waals surface area contributed by atoms with E-state index >= 15 is 0 Å². The molecule has 0 saturated carbocycles. The summed E-state index contributed by atoms with van der Waals surface area (Å²) in [6.07, 6.45) is -1.35. The van der Waals surface area contributed by atoms with Crippen LogP contribution in [0.3, 0.4) is 0 Å². The molecule has 2 aliphatic heterocycles. The van der Waals surface area contributed by atoms with Gasteiger partial charge < -0.3 is 15.1 Å². The summed E-state index contributed by atoms with van der Waals surface area (Å²) in [6.45, 7) is 7.82. The molecular weight excluding hydrogens is 429 g/mol.